The monoisotopic (exact) mass is 397 g/mol. The maximum Gasteiger partial charge on any atom is 0.255 e. The number of fused-ring (bicyclic) bond motifs is 1. The summed E-state index contributed by atoms with van der Waals surface area (Å²) in [6.07, 6.45) is 2.45. The lowest BCUT2D eigenvalue weighted by Crippen LogP contribution is -2.28. The Balaban J connectivity index is 1.51. The van der Waals surface area contributed by atoms with Gasteiger partial charge in [0, 0.05) is 24.1 Å². The normalized spacial score (nSPS) is 14.2. The largest absolute Gasteiger partial charge is 0.322 e. The van der Waals surface area contributed by atoms with Crippen molar-refractivity contribution < 1.29 is 14.4 Å². The first kappa shape index (κ1) is 17.7. The van der Waals surface area contributed by atoms with E-state index in [-0.39, 0.29) is 30.6 Å². The van der Waals surface area contributed by atoms with Gasteiger partial charge in [0.1, 0.15) is 0 Å². The van der Waals surface area contributed by atoms with E-state index in [0.717, 1.165) is 14.6 Å². The number of anilines is 2. The highest BCUT2D eigenvalue weighted by atomic mass is 32.2. The van der Waals surface area contributed by atoms with Gasteiger partial charge in [-0.25, -0.2) is 4.98 Å². The first-order valence-corrected chi connectivity index (χ1v) is 10.3. The number of amides is 3. The molecule has 1 fully saturated rings. The second-order valence-corrected chi connectivity index (χ2v) is 8.07. The van der Waals surface area contributed by atoms with E-state index in [1.54, 1.807) is 47.4 Å². The van der Waals surface area contributed by atoms with E-state index in [2.05, 4.69) is 10.3 Å². The van der Waals surface area contributed by atoms with Gasteiger partial charge < -0.3 is 5.32 Å². The maximum absolute atomic E-state index is 12.5. The van der Waals surface area contributed by atoms with Gasteiger partial charge >= 0.3 is 0 Å². The van der Waals surface area contributed by atoms with Crippen LogP contribution in [0.25, 0.3) is 10.2 Å². The zero-order valence-corrected chi connectivity index (χ0v) is 16.0. The Morgan fingerprint density at radius 3 is 2.48 bits per heavy atom. The lowest BCUT2D eigenvalue weighted by atomic mass is 10.1. The van der Waals surface area contributed by atoms with Crippen LogP contribution in [0.5, 0.6) is 0 Å². The number of rotatable bonds is 4. The summed E-state index contributed by atoms with van der Waals surface area (Å²) in [6.45, 7) is 0. The third kappa shape index (κ3) is 3.45. The van der Waals surface area contributed by atoms with Crippen LogP contribution in [0, 0.1) is 0 Å². The maximum atomic E-state index is 12.5. The van der Waals surface area contributed by atoms with Crippen molar-refractivity contribution in [1.82, 2.24) is 4.98 Å². The number of carbonyl (C=O) groups is 3. The smallest absolute Gasteiger partial charge is 0.255 e. The molecule has 4 rings (SSSR count). The number of hydrogen-bond acceptors (Lipinski definition) is 6. The van der Waals surface area contributed by atoms with Crippen LogP contribution in [0.2, 0.25) is 0 Å². The van der Waals surface area contributed by atoms with E-state index in [4.69, 9.17) is 0 Å². The highest BCUT2D eigenvalue weighted by Gasteiger charge is 2.30. The lowest BCUT2D eigenvalue weighted by Gasteiger charge is -2.14. The Labute approximate surface area is 163 Å². The van der Waals surface area contributed by atoms with Crippen molar-refractivity contribution in [2.45, 2.75) is 17.2 Å². The van der Waals surface area contributed by atoms with E-state index in [1.165, 1.54) is 4.90 Å². The Kier molecular flexibility index (Phi) is 4.67. The summed E-state index contributed by atoms with van der Waals surface area (Å²) in [7, 11) is 0. The van der Waals surface area contributed by atoms with Crippen LogP contribution in [0.1, 0.15) is 23.2 Å². The van der Waals surface area contributed by atoms with E-state index in [0.29, 0.717) is 16.9 Å². The molecule has 2 heterocycles. The Morgan fingerprint density at radius 2 is 1.81 bits per heavy atom. The molecule has 0 aliphatic carbocycles. The predicted octanol–water partition coefficient (Wildman–Crippen LogP) is 3.92. The molecule has 0 spiro atoms. The molecule has 3 amide bonds. The van der Waals surface area contributed by atoms with Crippen molar-refractivity contribution in [1.29, 1.82) is 0 Å². The topological polar surface area (TPSA) is 79.4 Å². The molecule has 1 aliphatic heterocycles. The zero-order chi connectivity index (χ0) is 19.0. The Morgan fingerprint density at radius 1 is 1.11 bits per heavy atom. The first-order valence-electron chi connectivity index (χ1n) is 8.27. The Bertz CT molecular complexity index is 1040. The molecule has 1 N–H and O–H groups in total. The molecule has 136 valence electrons. The molecule has 0 radical (unpaired) electrons. The summed E-state index contributed by atoms with van der Waals surface area (Å²) in [4.78, 5) is 41.7. The summed E-state index contributed by atoms with van der Waals surface area (Å²) in [5, 5.41) is 2.87. The van der Waals surface area contributed by atoms with Crippen LogP contribution in [-0.2, 0) is 9.59 Å². The number of nitrogens with zero attached hydrogens (tertiary/aromatic N) is 2. The highest BCUT2D eigenvalue weighted by molar-refractivity contribution is 8.00. The van der Waals surface area contributed by atoms with E-state index >= 15 is 0 Å². The molecular weight excluding hydrogens is 382 g/mol. The van der Waals surface area contributed by atoms with Gasteiger partial charge in [-0.2, -0.15) is 0 Å². The molecule has 0 bridgehead atoms. The highest BCUT2D eigenvalue weighted by Crippen LogP contribution is 2.30. The minimum atomic E-state index is -0.255. The summed E-state index contributed by atoms with van der Waals surface area (Å²) >= 11 is 3.17. The van der Waals surface area contributed by atoms with Crippen molar-refractivity contribution in [3.8, 4) is 0 Å². The van der Waals surface area contributed by atoms with Gasteiger partial charge in [-0.15, -0.1) is 11.3 Å². The van der Waals surface area contributed by atoms with Crippen LogP contribution in [-0.4, -0.2) is 29.0 Å². The number of nitrogens with one attached hydrogen (secondary N) is 1. The van der Waals surface area contributed by atoms with Gasteiger partial charge in [-0.05, 0) is 48.7 Å². The van der Waals surface area contributed by atoms with E-state index < -0.39 is 0 Å². The van der Waals surface area contributed by atoms with E-state index in [9.17, 15) is 14.4 Å². The van der Waals surface area contributed by atoms with Crippen molar-refractivity contribution in [3.63, 3.8) is 0 Å². The van der Waals surface area contributed by atoms with Gasteiger partial charge in [-0.1, -0.05) is 11.8 Å². The molecule has 0 unspecified atom stereocenters. The van der Waals surface area contributed by atoms with Gasteiger partial charge in [0.2, 0.25) is 11.8 Å². The SMILES string of the molecule is CSc1nc2ccc(NC(=O)c3ccc(N4C(=O)CCC4=O)cc3)cc2s1. The van der Waals surface area contributed by atoms with Crippen molar-refractivity contribution >= 4 is 62.4 Å². The predicted molar refractivity (Wildman–Crippen MR) is 108 cm³/mol. The summed E-state index contributed by atoms with van der Waals surface area (Å²) < 4.78 is 1.99. The number of benzene rings is 2. The molecule has 2 aromatic carbocycles. The van der Waals surface area contributed by atoms with E-state index in [1.807, 2.05) is 24.5 Å². The number of hydrogen-bond donors (Lipinski definition) is 1. The molecule has 8 heteroatoms. The van der Waals surface area contributed by atoms with Crippen molar-refractivity contribution in [3.05, 3.63) is 48.0 Å². The second kappa shape index (κ2) is 7.13. The number of carbonyl (C=O) groups excluding carboxylic acids is 3. The van der Waals surface area contributed by atoms with Crippen LogP contribution < -0.4 is 10.2 Å². The molecule has 1 saturated heterocycles. The van der Waals surface area contributed by atoms with Crippen LogP contribution >= 0.6 is 23.1 Å². The molecule has 6 nitrogen and oxygen atoms in total. The molecule has 1 aliphatic rings. The summed E-state index contributed by atoms with van der Waals surface area (Å²) in [6, 6.07) is 12.1. The minimum absolute atomic E-state index is 0.209. The molecule has 27 heavy (non-hydrogen) atoms. The summed E-state index contributed by atoms with van der Waals surface area (Å²) in [5.74, 6) is -0.672. The fraction of sp³-hybridized carbons (Fsp3) is 0.158. The van der Waals surface area contributed by atoms with Gasteiger partial charge in [-0.3, -0.25) is 19.3 Å². The van der Waals surface area contributed by atoms with Crippen LogP contribution in [0.15, 0.2) is 46.8 Å². The molecular formula is C19H15N3O3S2. The third-order valence-electron chi connectivity index (χ3n) is 4.24. The number of thiazole rings is 1. The van der Waals surface area contributed by atoms with Gasteiger partial charge in [0.05, 0.1) is 15.9 Å². The third-order valence-corrected chi connectivity index (χ3v) is 6.24. The number of imide groups is 1. The zero-order valence-electron chi connectivity index (χ0n) is 14.4. The fourth-order valence-electron chi connectivity index (χ4n) is 2.90. The molecule has 3 aromatic rings. The quantitative estimate of drug-likeness (QED) is 0.533. The molecule has 1 aromatic heterocycles. The standard InChI is InChI=1S/C19H15N3O3S2/c1-26-19-21-14-7-4-12(10-15(14)27-19)20-18(25)11-2-5-13(6-3-11)22-16(23)8-9-17(22)24/h2-7,10H,8-9H2,1H3,(H,20,25). The van der Waals surface area contributed by atoms with Crippen molar-refractivity contribution in [2.75, 3.05) is 16.5 Å². The average molecular weight is 397 g/mol. The minimum Gasteiger partial charge on any atom is -0.322 e. The van der Waals surface area contributed by atoms with Gasteiger partial charge in [0.25, 0.3) is 5.91 Å². The Hall–Kier alpha value is -2.71. The average Bonchev–Trinajstić information content (AvgIpc) is 3.24. The number of aromatic nitrogens is 1. The lowest BCUT2D eigenvalue weighted by molar-refractivity contribution is -0.121. The first-order chi connectivity index (χ1) is 13.0. The van der Waals surface area contributed by atoms with Gasteiger partial charge in [0.15, 0.2) is 4.34 Å². The molecule has 0 saturated carbocycles. The number of thioether (sulfide) groups is 1. The second-order valence-electron chi connectivity index (χ2n) is 5.99. The summed E-state index contributed by atoms with van der Waals surface area (Å²) in [5.41, 5.74) is 2.55. The van der Waals surface area contributed by atoms with Crippen molar-refractivity contribution in [2.24, 2.45) is 0 Å². The fourth-order valence-corrected chi connectivity index (χ4v) is 4.43. The van der Waals surface area contributed by atoms with Crippen LogP contribution in [0.3, 0.4) is 0 Å². The van der Waals surface area contributed by atoms with Crippen LogP contribution in [0.4, 0.5) is 11.4 Å². The molecule has 0 atom stereocenters.